The molecule has 7 nitrogen and oxygen atoms in total. The molecule has 0 saturated heterocycles. The van der Waals surface area contributed by atoms with E-state index < -0.39 is 12.1 Å². The number of carbonyl (C=O) groups is 2. The normalized spacial score (nSPS) is 14.6. The molecule has 1 atom stereocenters. The number of hydrogen-bond acceptors (Lipinski definition) is 5. The molecule has 0 bridgehead atoms. The van der Waals surface area contributed by atoms with Crippen LogP contribution in [0.3, 0.4) is 0 Å². The summed E-state index contributed by atoms with van der Waals surface area (Å²) in [6.45, 7) is 0.324. The zero-order valence-electron chi connectivity index (χ0n) is 18.9. The summed E-state index contributed by atoms with van der Waals surface area (Å²) in [7, 11) is 3.11. The lowest BCUT2D eigenvalue weighted by atomic mass is 9.87. The third kappa shape index (κ3) is 4.73. The highest BCUT2D eigenvalue weighted by atomic mass is 16.5. The molecule has 1 amide bonds. The molecule has 3 aromatic rings. The first kappa shape index (κ1) is 22.9. The molecule has 0 saturated carbocycles. The van der Waals surface area contributed by atoms with E-state index in [1.54, 1.807) is 19.2 Å². The van der Waals surface area contributed by atoms with Crippen molar-refractivity contribution in [3.8, 4) is 17.2 Å². The molecule has 0 radical (unpaired) electrons. The molecule has 0 spiro atoms. The van der Waals surface area contributed by atoms with Crippen molar-refractivity contribution in [3.63, 3.8) is 0 Å². The van der Waals surface area contributed by atoms with Gasteiger partial charge in [0.2, 0.25) is 0 Å². The monoisotopic (exact) mass is 459 g/mol. The van der Waals surface area contributed by atoms with Gasteiger partial charge in [-0.05, 0) is 52.9 Å². The Morgan fingerprint density at radius 2 is 1.74 bits per heavy atom. The van der Waals surface area contributed by atoms with Crippen LogP contribution in [0.5, 0.6) is 17.2 Å². The van der Waals surface area contributed by atoms with Crippen molar-refractivity contribution < 1.29 is 28.9 Å². The van der Waals surface area contributed by atoms with Crippen molar-refractivity contribution >= 4 is 18.0 Å². The van der Waals surface area contributed by atoms with Gasteiger partial charge < -0.3 is 19.3 Å². The Kier molecular flexibility index (Phi) is 6.82. The van der Waals surface area contributed by atoms with E-state index in [4.69, 9.17) is 14.2 Å². The third-order valence-corrected chi connectivity index (χ3v) is 5.77. The van der Waals surface area contributed by atoms with Crippen molar-refractivity contribution in [2.75, 3.05) is 14.2 Å². The number of allylic oxidation sites excluding steroid dienone is 1. The number of hydrogen-bond donors (Lipinski definition) is 1. The summed E-state index contributed by atoms with van der Waals surface area (Å²) in [6.07, 6.45) is 1.26. The molecule has 1 heterocycles. The first-order valence-corrected chi connectivity index (χ1v) is 10.7. The minimum absolute atomic E-state index is 0.256. The van der Waals surface area contributed by atoms with E-state index in [1.165, 1.54) is 13.3 Å². The maximum absolute atomic E-state index is 12.1. The quantitative estimate of drug-likeness (QED) is 0.472. The first-order chi connectivity index (χ1) is 16.5. The smallest absolute Gasteiger partial charge is 0.411 e. The number of nitrogens with zero attached hydrogens (tertiary/aromatic N) is 1. The maximum Gasteiger partial charge on any atom is 0.411 e. The lowest BCUT2D eigenvalue weighted by Gasteiger charge is -2.33. The molecule has 1 aliphatic rings. The highest BCUT2D eigenvalue weighted by molar-refractivity contribution is 6.09. The van der Waals surface area contributed by atoms with Crippen LogP contribution in [0.2, 0.25) is 0 Å². The van der Waals surface area contributed by atoms with Crippen LogP contribution in [0.25, 0.3) is 5.57 Å². The van der Waals surface area contributed by atoms with Crippen LogP contribution >= 0.6 is 0 Å². The van der Waals surface area contributed by atoms with Gasteiger partial charge in [0.1, 0.15) is 12.4 Å². The van der Waals surface area contributed by atoms with Gasteiger partial charge in [0.05, 0.1) is 20.3 Å². The van der Waals surface area contributed by atoms with E-state index in [1.807, 2.05) is 54.6 Å². The van der Waals surface area contributed by atoms with E-state index in [0.29, 0.717) is 47.7 Å². The topological polar surface area (TPSA) is 85.3 Å². The molecule has 7 heteroatoms. The SMILES string of the molecule is COc1cccc(CC2c3cc(OC)c(OCc4ccccc4)cc3C(C=O)=CN2C(=O)O)c1. The van der Waals surface area contributed by atoms with Crippen molar-refractivity contribution in [2.45, 2.75) is 19.1 Å². The largest absolute Gasteiger partial charge is 0.497 e. The minimum Gasteiger partial charge on any atom is -0.497 e. The van der Waals surface area contributed by atoms with Crippen molar-refractivity contribution in [2.24, 2.45) is 0 Å². The van der Waals surface area contributed by atoms with Gasteiger partial charge in [0.15, 0.2) is 17.8 Å². The predicted molar refractivity (Wildman–Crippen MR) is 127 cm³/mol. The molecule has 1 unspecified atom stereocenters. The van der Waals surface area contributed by atoms with Gasteiger partial charge in [0, 0.05) is 11.8 Å². The van der Waals surface area contributed by atoms with Gasteiger partial charge >= 0.3 is 6.09 Å². The van der Waals surface area contributed by atoms with E-state index in [-0.39, 0.29) is 5.57 Å². The Bertz CT molecular complexity index is 1220. The summed E-state index contributed by atoms with van der Waals surface area (Å²) in [5, 5.41) is 9.90. The predicted octanol–water partition coefficient (Wildman–Crippen LogP) is 5.10. The second kappa shape index (κ2) is 10.1. The Balaban J connectivity index is 1.75. The Morgan fingerprint density at radius 1 is 0.971 bits per heavy atom. The number of carbonyl (C=O) groups excluding carboxylic acids is 1. The molecule has 1 N–H and O–H groups in total. The van der Waals surface area contributed by atoms with E-state index >= 15 is 0 Å². The van der Waals surface area contributed by atoms with Crippen molar-refractivity contribution in [1.29, 1.82) is 0 Å². The van der Waals surface area contributed by atoms with Gasteiger partial charge in [-0.25, -0.2) is 4.79 Å². The second-order valence-electron chi connectivity index (χ2n) is 7.83. The molecule has 34 heavy (non-hydrogen) atoms. The molecule has 174 valence electrons. The highest BCUT2D eigenvalue weighted by Gasteiger charge is 2.33. The first-order valence-electron chi connectivity index (χ1n) is 10.7. The second-order valence-corrected chi connectivity index (χ2v) is 7.83. The van der Waals surface area contributed by atoms with Crippen LogP contribution in [0.15, 0.2) is 72.9 Å². The zero-order chi connectivity index (χ0) is 24.1. The fourth-order valence-electron chi connectivity index (χ4n) is 4.08. The molecule has 0 fully saturated rings. The Labute approximate surface area is 197 Å². The standard InChI is InChI=1S/C27H25NO6/c1-32-21-10-6-9-19(11-21)12-24-23-14-25(33-2)26(34-17-18-7-4-3-5-8-18)13-22(23)20(16-29)15-28(24)27(30)31/h3-11,13-16,24H,12,17H2,1-2H3,(H,30,31). The summed E-state index contributed by atoms with van der Waals surface area (Å²) in [6, 6.07) is 20.1. The van der Waals surface area contributed by atoms with Crippen LogP contribution in [0, 0.1) is 0 Å². The maximum atomic E-state index is 12.1. The lowest BCUT2D eigenvalue weighted by molar-refractivity contribution is -0.103. The summed E-state index contributed by atoms with van der Waals surface area (Å²) >= 11 is 0. The molecule has 1 aliphatic heterocycles. The fourth-order valence-corrected chi connectivity index (χ4v) is 4.08. The minimum atomic E-state index is -1.15. The van der Waals surface area contributed by atoms with Crippen molar-refractivity contribution in [3.05, 3.63) is 95.2 Å². The zero-order valence-corrected chi connectivity index (χ0v) is 18.9. The number of amides is 1. The van der Waals surface area contributed by atoms with Crippen molar-refractivity contribution in [1.82, 2.24) is 4.90 Å². The van der Waals surface area contributed by atoms with E-state index in [0.717, 1.165) is 16.0 Å². The molecular formula is C27H25NO6. The summed E-state index contributed by atoms with van der Waals surface area (Å²) in [5.41, 5.74) is 3.42. The van der Waals surface area contributed by atoms with Crippen LogP contribution < -0.4 is 14.2 Å². The number of rotatable bonds is 8. The third-order valence-electron chi connectivity index (χ3n) is 5.77. The average Bonchev–Trinajstić information content (AvgIpc) is 2.87. The number of benzene rings is 3. The number of fused-ring (bicyclic) bond motifs is 1. The number of methoxy groups -OCH3 is 2. The van der Waals surface area contributed by atoms with Crippen LogP contribution in [0.4, 0.5) is 4.79 Å². The van der Waals surface area contributed by atoms with Gasteiger partial charge in [-0.3, -0.25) is 9.69 Å². The van der Waals surface area contributed by atoms with Gasteiger partial charge in [-0.1, -0.05) is 42.5 Å². The molecule has 3 aromatic carbocycles. The van der Waals surface area contributed by atoms with E-state index in [2.05, 4.69) is 0 Å². The summed E-state index contributed by atoms with van der Waals surface area (Å²) < 4.78 is 16.9. The number of aldehydes is 1. The van der Waals surface area contributed by atoms with Crippen LogP contribution in [0.1, 0.15) is 28.3 Å². The highest BCUT2D eigenvalue weighted by Crippen LogP contribution is 2.42. The van der Waals surface area contributed by atoms with Crippen LogP contribution in [-0.4, -0.2) is 36.6 Å². The molecular weight excluding hydrogens is 434 g/mol. The number of carboxylic acid groups (broad SMARTS) is 1. The summed E-state index contributed by atoms with van der Waals surface area (Å²) in [5.74, 6) is 1.62. The number of ether oxygens (including phenoxy) is 3. The van der Waals surface area contributed by atoms with Gasteiger partial charge in [-0.2, -0.15) is 0 Å². The van der Waals surface area contributed by atoms with Crippen LogP contribution in [-0.2, 0) is 17.8 Å². The summed E-state index contributed by atoms with van der Waals surface area (Å²) in [4.78, 5) is 25.2. The fraction of sp³-hybridized carbons (Fsp3) is 0.185. The van der Waals surface area contributed by atoms with Gasteiger partial charge in [-0.15, -0.1) is 0 Å². The Morgan fingerprint density at radius 3 is 2.41 bits per heavy atom. The molecule has 4 rings (SSSR count). The molecule has 0 aliphatic carbocycles. The molecule has 0 aromatic heterocycles. The average molecular weight is 459 g/mol. The Hall–Kier alpha value is -4.26. The lowest BCUT2D eigenvalue weighted by Crippen LogP contribution is -2.34. The van der Waals surface area contributed by atoms with E-state index in [9.17, 15) is 14.7 Å². The van der Waals surface area contributed by atoms with Gasteiger partial charge in [0.25, 0.3) is 0 Å².